The van der Waals surface area contributed by atoms with E-state index < -0.39 is 7.82 Å². The molecule has 0 aliphatic heterocycles. The van der Waals surface area contributed by atoms with Crippen LogP contribution in [0.4, 0.5) is 4.39 Å². The molecule has 0 atom stereocenters. The third-order valence-corrected chi connectivity index (χ3v) is 2.30. The first-order valence-corrected chi connectivity index (χ1v) is 7.60. The Morgan fingerprint density at radius 3 is 2.00 bits per heavy atom. The van der Waals surface area contributed by atoms with Crippen molar-refractivity contribution >= 4 is 20.0 Å². The van der Waals surface area contributed by atoms with Gasteiger partial charge in [0.1, 0.15) is 0 Å². The first-order valence-electron chi connectivity index (χ1n) is 6.14. The number of alkyl halides is 1. The zero-order chi connectivity index (χ0) is 17.1. The summed E-state index contributed by atoms with van der Waals surface area (Å²) < 4.78 is 25.3. The van der Waals surface area contributed by atoms with Gasteiger partial charge in [-0.05, 0) is 12.6 Å². The second-order valence-corrected chi connectivity index (χ2v) is 4.27. The quantitative estimate of drug-likeness (QED) is 0.231. The number of nitrogens with zero attached hydrogens (tertiary/aromatic N) is 2. The third-order valence-electron chi connectivity index (χ3n) is 1.95. The van der Waals surface area contributed by atoms with Crippen LogP contribution in [0.1, 0.15) is 38.0 Å². The van der Waals surface area contributed by atoms with Crippen LogP contribution in [-0.2, 0) is 9.09 Å². The largest absolute Gasteiger partial charge is 1.00 e. The summed E-state index contributed by atoms with van der Waals surface area (Å²) in [5.41, 5.74) is 1.17. The fourth-order valence-corrected chi connectivity index (χ4v) is 1.51. The topological polar surface area (TPSA) is 90.2 Å². The fourth-order valence-electron chi connectivity index (χ4n) is 1.30. The van der Waals surface area contributed by atoms with Crippen molar-refractivity contribution in [3.63, 3.8) is 0 Å². The van der Waals surface area contributed by atoms with E-state index in [4.69, 9.17) is 0 Å². The number of aryl methyl sites for hydroxylation is 1. The SMILES string of the molecule is C=Cc1c(/C=C/C)nc(C)n1[CH-]OP(=O)([O-])[O-].CC.CF.[Rb+].[Rb+].[Rb+].[Rb+]. The Balaban J connectivity index is -0.000000105. The predicted octanol–water partition coefficient (Wildman–Crippen LogP) is -9.69. The van der Waals surface area contributed by atoms with Gasteiger partial charge in [-0.1, -0.05) is 39.0 Å². The van der Waals surface area contributed by atoms with E-state index in [1.165, 1.54) is 10.6 Å². The Morgan fingerprint density at radius 2 is 1.68 bits per heavy atom. The van der Waals surface area contributed by atoms with E-state index in [9.17, 15) is 18.7 Å². The monoisotopic (exact) mass is 659 g/mol. The van der Waals surface area contributed by atoms with Gasteiger partial charge >= 0.3 is 233 Å². The first-order chi connectivity index (χ1) is 9.89. The summed E-state index contributed by atoms with van der Waals surface area (Å²) in [5.74, 6) is 0.487. The number of imidazole rings is 1. The van der Waals surface area contributed by atoms with Crippen LogP contribution in [0, 0.1) is 13.7 Å². The van der Waals surface area contributed by atoms with Gasteiger partial charge in [-0.25, -0.2) is 0 Å². The minimum atomic E-state index is -5.04. The van der Waals surface area contributed by atoms with Crippen LogP contribution in [0.3, 0.4) is 0 Å². The Kier molecular flexibility index (Phi) is 49.6. The fraction of sp³-hybridized carbons (Fsp3) is 0.385. The summed E-state index contributed by atoms with van der Waals surface area (Å²) in [6.07, 6.45) is 5.02. The smallest absolute Gasteiger partial charge is 0.790 e. The molecular formula is C13H21FN2O4PRb4+. The van der Waals surface area contributed by atoms with E-state index in [1.807, 2.05) is 20.8 Å². The third kappa shape index (κ3) is 21.4. The van der Waals surface area contributed by atoms with Crippen molar-refractivity contribution in [1.29, 1.82) is 0 Å². The maximum atomic E-state index is 10.4. The molecule has 0 saturated heterocycles. The molecule has 0 bridgehead atoms. The maximum absolute atomic E-state index is 10.4. The van der Waals surface area contributed by atoms with E-state index in [0.717, 1.165) is 6.73 Å². The van der Waals surface area contributed by atoms with Crippen molar-refractivity contribution in [2.24, 2.45) is 0 Å². The summed E-state index contributed by atoms with van der Waals surface area (Å²) in [5, 5.41) is 0. The Hall–Kier alpha value is 5.82. The van der Waals surface area contributed by atoms with Crippen molar-refractivity contribution < 1.29 is 256 Å². The van der Waals surface area contributed by atoms with E-state index in [1.54, 1.807) is 19.1 Å². The van der Waals surface area contributed by atoms with E-state index in [0.29, 0.717) is 24.4 Å². The number of aromatic nitrogens is 2. The minimum absolute atomic E-state index is 0. The Morgan fingerprint density at radius 1 is 1.24 bits per heavy atom. The van der Waals surface area contributed by atoms with Crippen LogP contribution in [0.25, 0.3) is 12.2 Å². The molecule has 0 fully saturated rings. The number of hydrogen-bond acceptors (Lipinski definition) is 5. The molecule has 0 unspecified atom stereocenters. The Labute approximate surface area is 346 Å². The molecule has 1 rings (SSSR count). The molecule has 0 saturated carbocycles. The molecule has 0 N–H and O–H groups in total. The van der Waals surface area contributed by atoms with E-state index >= 15 is 0 Å². The molecule has 1 aromatic heterocycles. The number of allylic oxidation sites excluding steroid dienone is 1. The molecule has 0 aromatic carbocycles. The number of rotatable bonds is 5. The van der Waals surface area contributed by atoms with E-state index in [2.05, 4.69) is 16.1 Å². The van der Waals surface area contributed by atoms with Crippen LogP contribution in [-0.4, -0.2) is 16.7 Å². The van der Waals surface area contributed by atoms with Gasteiger partial charge in [-0.15, -0.1) is 6.58 Å². The standard InChI is InChI=1S/C10H14N2O4P.C2H6.CH3F.4Rb/c1-4-6-9-10(5-2)12(8(3)11-9)7-16-17(13,14)15;2*1-2;;;;/h4-7H,2H2,1,3H3,(H2,13,14,15);1-2H3;1H3;;;;/q-1;;;4*+1/p-2/b6-4+;;;;;;. The summed E-state index contributed by atoms with van der Waals surface area (Å²) in [4.78, 5) is 25.0. The molecule has 1 aromatic rings. The van der Waals surface area contributed by atoms with E-state index in [-0.39, 0.29) is 233 Å². The van der Waals surface area contributed by atoms with Crippen LogP contribution in [0.5, 0.6) is 0 Å². The molecule has 0 amide bonds. The molecule has 6 nitrogen and oxygen atoms in total. The van der Waals surface area contributed by atoms with Gasteiger partial charge in [0, 0.05) is 18.2 Å². The predicted molar refractivity (Wildman–Crippen MR) is 78.5 cm³/mol. The molecule has 122 valence electrons. The number of phosphoric acid groups is 1. The molecule has 0 radical (unpaired) electrons. The van der Waals surface area contributed by atoms with Crippen LogP contribution in [0.15, 0.2) is 12.7 Å². The number of halogens is 1. The molecule has 0 spiro atoms. The van der Waals surface area contributed by atoms with Gasteiger partial charge in [0.15, 0.2) is 0 Å². The molecular weight excluding hydrogens is 640 g/mol. The number of hydrogen-bond donors (Lipinski definition) is 0. The molecule has 12 heteroatoms. The van der Waals surface area contributed by atoms with Crippen LogP contribution in [0.2, 0.25) is 0 Å². The van der Waals surface area contributed by atoms with Crippen molar-refractivity contribution in [1.82, 2.24) is 9.55 Å². The summed E-state index contributed by atoms with van der Waals surface area (Å²) in [7, 11) is -4.54. The second-order valence-electron chi connectivity index (χ2n) is 3.16. The van der Waals surface area contributed by atoms with Gasteiger partial charge in [-0.2, -0.15) is 0 Å². The van der Waals surface area contributed by atoms with Crippen molar-refractivity contribution in [2.45, 2.75) is 27.7 Å². The average molecular weight is 661 g/mol. The van der Waals surface area contributed by atoms with Crippen LogP contribution >= 0.6 is 7.82 Å². The van der Waals surface area contributed by atoms with Gasteiger partial charge in [0.05, 0.1) is 15.0 Å². The molecule has 0 aliphatic rings. The zero-order valence-electron chi connectivity index (χ0n) is 16.9. The van der Waals surface area contributed by atoms with Gasteiger partial charge in [0.2, 0.25) is 0 Å². The summed E-state index contributed by atoms with van der Waals surface area (Å²) in [6, 6.07) is 0. The normalized spacial score (nSPS) is 8.64. The van der Waals surface area contributed by atoms with Crippen molar-refractivity contribution in [3.05, 3.63) is 36.6 Å². The zero-order valence-corrected chi connectivity index (χ0v) is 37.4. The maximum Gasteiger partial charge on any atom is 1.00 e. The minimum Gasteiger partial charge on any atom is -0.790 e. The van der Waals surface area contributed by atoms with Crippen molar-refractivity contribution in [3.8, 4) is 0 Å². The average Bonchev–Trinajstić information content (AvgIpc) is 2.76. The van der Waals surface area contributed by atoms with Gasteiger partial charge < -0.3 is 28.4 Å². The first kappa shape index (κ1) is 44.5. The van der Waals surface area contributed by atoms with Gasteiger partial charge in [0.25, 0.3) is 0 Å². The summed E-state index contributed by atoms with van der Waals surface area (Å²) >= 11 is 0. The molecule has 25 heavy (non-hydrogen) atoms. The second kappa shape index (κ2) is 27.9. The summed E-state index contributed by atoms with van der Waals surface area (Å²) in [6.45, 7) is 11.9. The Bertz CT molecular complexity index is 510. The van der Waals surface area contributed by atoms with Crippen molar-refractivity contribution in [2.75, 3.05) is 7.18 Å². The molecule has 0 aliphatic carbocycles. The molecule has 1 heterocycles. The van der Waals surface area contributed by atoms with Crippen LogP contribution < -0.4 is 243 Å². The number of phosphoric ester groups is 1. The van der Waals surface area contributed by atoms with Gasteiger partial charge in [-0.3, -0.25) is 4.39 Å².